The second-order valence-electron chi connectivity index (χ2n) is 9.43. The van der Waals surface area contributed by atoms with Gasteiger partial charge in [0.05, 0.1) is 10.9 Å². The first kappa shape index (κ1) is 23.9. The van der Waals surface area contributed by atoms with Crippen LogP contribution in [0.5, 0.6) is 0 Å². The van der Waals surface area contributed by atoms with E-state index in [-0.39, 0.29) is 17.0 Å². The van der Waals surface area contributed by atoms with Crippen molar-refractivity contribution in [3.63, 3.8) is 0 Å². The monoisotopic (exact) mass is 487 g/mol. The Morgan fingerprint density at radius 1 is 1.12 bits per heavy atom. The lowest BCUT2D eigenvalue weighted by Crippen LogP contribution is -2.42. The van der Waals surface area contributed by atoms with Crippen molar-refractivity contribution in [3.05, 3.63) is 30.6 Å². The Labute approximate surface area is 198 Å². The van der Waals surface area contributed by atoms with Crippen molar-refractivity contribution in [2.45, 2.75) is 50.2 Å². The van der Waals surface area contributed by atoms with Gasteiger partial charge in [0.25, 0.3) is 0 Å². The van der Waals surface area contributed by atoms with Crippen LogP contribution in [-0.4, -0.2) is 76.4 Å². The molecule has 0 atom stereocenters. The summed E-state index contributed by atoms with van der Waals surface area (Å²) in [4.78, 5) is 25.0. The van der Waals surface area contributed by atoms with Gasteiger partial charge < -0.3 is 14.5 Å². The zero-order chi connectivity index (χ0) is 24.7. The fourth-order valence-corrected chi connectivity index (χ4v) is 4.53. The van der Waals surface area contributed by atoms with E-state index in [0.29, 0.717) is 42.9 Å². The molecule has 34 heavy (non-hydrogen) atoms. The van der Waals surface area contributed by atoms with E-state index < -0.39 is 15.4 Å². The highest BCUT2D eigenvalue weighted by atomic mass is 32.2. The van der Waals surface area contributed by atoms with Crippen LogP contribution >= 0.6 is 0 Å². The summed E-state index contributed by atoms with van der Waals surface area (Å²) in [5.74, 6) is 0.564. The van der Waals surface area contributed by atoms with Gasteiger partial charge in [0.2, 0.25) is 0 Å². The highest BCUT2D eigenvalue weighted by molar-refractivity contribution is 7.90. The topological polar surface area (TPSA) is 123 Å². The number of fused-ring (bicyclic) bond motifs is 1. The number of nitrogens with zero attached hydrogens (tertiary/aromatic N) is 7. The Balaban J connectivity index is 1.53. The molecule has 0 aliphatic carbocycles. The molecule has 0 saturated carbocycles. The second kappa shape index (κ2) is 8.82. The average Bonchev–Trinajstić information content (AvgIpc) is 3.21. The maximum absolute atomic E-state index is 12.4. The van der Waals surface area contributed by atoms with E-state index in [1.54, 1.807) is 33.8 Å². The lowest BCUT2D eigenvalue weighted by molar-refractivity contribution is 0.0185. The number of likely N-dealkylation sites (tertiary alicyclic amines) is 1. The maximum Gasteiger partial charge on any atom is 0.410 e. The number of aromatic nitrogens is 5. The zero-order valence-electron chi connectivity index (χ0n) is 20.0. The summed E-state index contributed by atoms with van der Waals surface area (Å²) in [6.45, 7) is 6.69. The predicted molar refractivity (Wildman–Crippen MR) is 127 cm³/mol. The zero-order valence-corrected chi connectivity index (χ0v) is 20.8. The summed E-state index contributed by atoms with van der Waals surface area (Å²) < 4.78 is 30.8. The lowest BCUT2D eigenvalue weighted by Gasteiger charge is -2.33. The van der Waals surface area contributed by atoms with Crippen LogP contribution in [0.1, 0.15) is 39.7 Å². The van der Waals surface area contributed by atoms with Gasteiger partial charge in [-0.05, 0) is 57.9 Å². The summed E-state index contributed by atoms with van der Waals surface area (Å²) in [5, 5.41) is 8.70. The molecule has 0 unspecified atom stereocenters. The van der Waals surface area contributed by atoms with Gasteiger partial charge in [-0.3, -0.25) is 0 Å². The number of piperidine rings is 1. The molecular weight excluding hydrogens is 458 g/mol. The Morgan fingerprint density at radius 3 is 2.35 bits per heavy atom. The minimum Gasteiger partial charge on any atom is -0.444 e. The summed E-state index contributed by atoms with van der Waals surface area (Å²) in [6.07, 6.45) is 3.76. The molecule has 0 radical (unpaired) electrons. The van der Waals surface area contributed by atoms with Crippen LogP contribution in [0, 0.1) is 0 Å². The Kier molecular flexibility index (Phi) is 6.19. The molecule has 0 bridgehead atoms. The van der Waals surface area contributed by atoms with E-state index in [9.17, 15) is 13.2 Å². The van der Waals surface area contributed by atoms with Crippen LogP contribution in [-0.2, 0) is 14.6 Å². The molecule has 3 aromatic rings. The van der Waals surface area contributed by atoms with Crippen LogP contribution < -0.4 is 4.90 Å². The van der Waals surface area contributed by atoms with Gasteiger partial charge in [0, 0.05) is 32.1 Å². The lowest BCUT2D eigenvalue weighted by atomic mass is 10.1. The van der Waals surface area contributed by atoms with Crippen LogP contribution in [0.25, 0.3) is 11.2 Å². The Bertz CT molecular complexity index is 1290. The van der Waals surface area contributed by atoms with Gasteiger partial charge >= 0.3 is 6.09 Å². The van der Waals surface area contributed by atoms with Crippen molar-refractivity contribution in [2.24, 2.45) is 0 Å². The van der Waals surface area contributed by atoms with Gasteiger partial charge in [-0.15, -0.1) is 5.10 Å². The molecule has 1 saturated heterocycles. The molecule has 1 amide bonds. The van der Waals surface area contributed by atoms with E-state index in [0.717, 1.165) is 5.69 Å². The number of anilines is 2. The van der Waals surface area contributed by atoms with Gasteiger partial charge in [-0.1, -0.05) is 5.21 Å². The van der Waals surface area contributed by atoms with Gasteiger partial charge in [-0.25, -0.2) is 27.9 Å². The first-order valence-corrected chi connectivity index (χ1v) is 12.9. The summed E-state index contributed by atoms with van der Waals surface area (Å²) in [5.41, 5.74) is 1.39. The van der Waals surface area contributed by atoms with Crippen molar-refractivity contribution >= 4 is 38.6 Å². The van der Waals surface area contributed by atoms with Gasteiger partial charge in [-0.2, -0.15) is 0 Å². The van der Waals surface area contributed by atoms with Crippen LogP contribution in [0.2, 0.25) is 0 Å². The minimum absolute atomic E-state index is 0.0470. The van der Waals surface area contributed by atoms with Crippen molar-refractivity contribution in [1.82, 2.24) is 29.9 Å². The molecule has 1 fully saturated rings. The van der Waals surface area contributed by atoms with Crippen LogP contribution in [0.3, 0.4) is 0 Å². The van der Waals surface area contributed by atoms with E-state index in [4.69, 9.17) is 4.74 Å². The molecule has 1 aliphatic rings. The number of amides is 1. The van der Waals surface area contributed by atoms with Gasteiger partial charge in [0.15, 0.2) is 26.8 Å². The highest BCUT2D eigenvalue weighted by Crippen LogP contribution is 2.30. The molecule has 0 spiro atoms. The molecule has 0 N–H and O–H groups in total. The van der Waals surface area contributed by atoms with Crippen LogP contribution in [0.15, 0.2) is 35.5 Å². The van der Waals surface area contributed by atoms with E-state index in [1.165, 1.54) is 12.6 Å². The SMILES string of the molecule is CN(c1ccc(S(C)(=O)=O)cc1)c1ncnc2c1nnn2C1CCN(C(=O)OC(C)(C)C)CC1. The molecule has 1 aromatic carbocycles. The standard InChI is InChI=1S/C22H29N7O4S/c1-22(2,3)33-21(30)28-12-10-16(11-13-28)29-20-18(25-26-29)19(23-14-24-20)27(4)15-6-8-17(9-7-15)34(5,31)32/h6-9,14,16H,10-13H2,1-5H3. The number of rotatable bonds is 4. The highest BCUT2D eigenvalue weighted by Gasteiger charge is 2.29. The molecule has 11 nitrogen and oxygen atoms in total. The summed E-state index contributed by atoms with van der Waals surface area (Å²) >= 11 is 0. The van der Waals surface area contributed by atoms with E-state index >= 15 is 0 Å². The Hall–Kier alpha value is -3.28. The van der Waals surface area contributed by atoms with Crippen molar-refractivity contribution in [3.8, 4) is 0 Å². The first-order valence-electron chi connectivity index (χ1n) is 11.0. The first-order chi connectivity index (χ1) is 15.9. The molecule has 3 heterocycles. The number of benzene rings is 1. The maximum atomic E-state index is 12.4. The normalized spacial score (nSPS) is 15.5. The third kappa shape index (κ3) is 4.96. The number of carbonyl (C=O) groups excluding carboxylic acids is 1. The summed E-state index contributed by atoms with van der Waals surface area (Å²) in [6, 6.07) is 6.62. The quantitative estimate of drug-likeness (QED) is 0.546. The smallest absolute Gasteiger partial charge is 0.410 e. The number of hydrogen-bond acceptors (Lipinski definition) is 9. The van der Waals surface area contributed by atoms with E-state index in [2.05, 4.69) is 20.3 Å². The number of ether oxygens (including phenoxy) is 1. The predicted octanol–water partition coefficient (Wildman–Crippen LogP) is 2.96. The second-order valence-corrected chi connectivity index (χ2v) is 11.4. The third-order valence-corrected chi connectivity index (χ3v) is 6.80. The van der Waals surface area contributed by atoms with Crippen molar-refractivity contribution in [1.29, 1.82) is 0 Å². The fourth-order valence-electron chi connectivity index (χ4n) is 3.90. The molecule has 4 rings (SSSR count). The van der Waals surface area contributed by atoms with E-state index in [1.807, 2.05) is 32.7 Å². The fraction of sp³-hybridized carbons (Fsp3) is 0.500. The minimum atomic E-state index is -3.27. The largest absolute Gasteiger partial charge is 0.444 e. The number of hydrogen-bond donors (Lipinski definition) is 0. The third-order valence-electron chi connectivity index (χ3n) is 5.67. The average molecular weight is 488 g/mol. The van der Waals surface area contributed by atoms with Crippen LogP contribution in [0.4, 0.5) is 16.3 Å². The molecular formula is C22H29N7O4S. The number of sulfone groups is 1. The summed E-state index contributed by atoms with van der Waals surface area (Å²) in [7, 11) is -1.45. The van der Waals surface area contributed by atoms with Crippen molar-refractivity contribution < 1.29 is 17.9 Å². The molecule has 2 aromatic heterocycles. The molecule has 182 valence electrons. The van der Waals surface area contributed by atoms with Crippen molar-refractivity contribution in [2.75, 3.05) is 31.3 Å². The Morgan fingerprint density at radius 2 is 1.76 bits per heavy atom. The number of carbonyl (C=O) groups is 1. The molecule has 12 heteroatoms. The molecule has 1 aliphatic heterocycles. The van der Waals surface area contributed by atoms with Gasteiger partial charge in [0.1, 0.15) is 11.9 Å².